The Bertz CT molecular complexity index is 664. The first kappa shape index (κ1) is 16.3. The molecule has 2 saturated carbocycles. The Hall–Kier alpha value is -1.20. The van der Waals surface area contributed by atoms with Gasteiger partial charge in [-0.1, -0.05) is 13.0 Å². The first-order valence-corrected chi connectivity index (χ1v) is 8.73. The number of hydrogen-bond acceptors (Lipinski definition) is 3. The molecular formula is C19H24F2O3. The molecule has 0 amide bonds. The van der Waals surface area contributed by atoms with Gasteiger partial charge in [-0.15, -0.1) is 0 Å². The maximum atomic E-state index is 14.3. The molecule has 0 spiro atoms. The molecule has 3 nitrogen and oxygen atoms in total. The molecule has 3 aliphatic rings. The number of aliphatic hydroxyl groups is 1. The van der Waals surface area contributed by atoms with E-state index >= 15 is 0 Å². The Morgan fingerprint density at radius 1 is 1.33 bits per heavy atom. The van der Waals surface area contributed by atoms with Gasteiger partial charge in [-0.05, 0) is 54.7 Å². The number of hydrogen-bond donors (Lipinski definition) is 2. The first-order valence-electron chi connectivity index (χ1n) is 8.73. The molecular weight excluding hydrogens is 314 g/mol. The Kier molecular flexibility index (Phi) is 3.66. The minimum Gasteiger partial charge on any atom is -0.505 e. The van der Waals surface area contributed by atoms with Crippen LogP contribution in [0.1, 0.15) is 43.2 Å². The smallest absolute Gasteiger partial charge is 0.168 e. The van der Waals surface area contributed by atoms with Crippen molar-refractivity contribution in [1.29, 1.82) is 0 Å². The summed E-state index contributed by atoms with van der Waals surface area (Å²) in [6, 6.07) is 3.19. The molecule has 0 radical (unpaired) electrons. The van der Waals surface area contributed by atoms with Gasteiger partial charge in [-0.25, -0.2) is 8.78 Å². The van der Waals surface area contributed by atoms with Crippen LogP contribution in [-0.2, 0) is 11.2 Å². The molecule has 2 fully saturated rings. The number of phenolic OH excluding ortho intramolecular Hbond substituents is 1. The second kappa shape index (κ2) is 5.40. The quantitative estimate of drug-likeness (QED) is 0.826. The highest BCUT2D eigenvalue weighted by molar-refractivity contribution is 5.42. The van der Waals surface area contributed by atoms with Crippen molar-refractivity contribution in [1.82, 2.24) is 0 Å². The molecule has 7 atom stereocenters. The monoisotopic (exact) mass is 338 g/mol. The van der Waals surface area contributed by atoms with Crippen molar-refractivity contribution in [2.75, 3.05) is 7.11 Å². The van der Waals surface area contributed by atoms with E-state index in [1.54, 1.807) is 13.2 Å². The van der Waals surface area contributed by atoms with Gasteiger partial charge in [0.15, 0.2) is 11.6 Å². The van der Waals surface area contributed by atoms with Gasteiger partial charge in [0, 0.05) is 18.4 Å². The van der Waals surface area contributed by atoms with Crippen LogP contribution in [0.25, 0.3) is 0 Å². The molecule has 2 N–H and O–H groups in total. The standard InChI is InChI=1S/C19H24F2O3/c1-19-8-15(24-2)16-9-5-6-14(22)17(21)10(9)3-4-11(16)12(19)7-13(20)18(19)23/h5-6,11-13,15-16,18,22-23H,3-4,7-8H2,1-2H3/t11-,12-,13+,15-,16+,18+,19-/m0/s1. The minimum absolute atomic E-state index is 0.00979. The molecule has 3 aliphatic carbocycles. The molecule has 132 valence electrons. The van der Waals surface area contributed by atoms with Gasteiger partial charge < -0.3 is 14.9 Å². The highest BCUT2D eigenvalue weighted by Gasteiger charge is 2.61. The Morgan fingerprint density at radius 3 is 2.79 bits per heavy atom. The number of halogens is 2. The van der Waals surface area contributed by atoms with Crippen molar-refractivity contribution in [3.8, 4) is 5.75 Å². The summed E-state index contributed by atoms with van der Waals surface area (Å²) in [5.41, 5.74) is 0.957. The molecule has 4 rings (SSSR count). The molecule has 0 aliphatic heterocycles. The Morgan fingerprint density at radius 2 is 2.08 bits per heavy atom. The lowest BCUT2D eigenvalue weighted by Crippen LogP contribution is -2.51. The molecule has 24 heavy (non-hydrogen) atoms. The number of aliphatic hydroxyl groups excluding tert-OH is 1. The predicted octanol–water partition coefficient (Wildman–Crippen LogP) is 3.32. The Labute approximate surface area is 140 Å². The van der Waals surface area contributed by atoms with Crippen LogP contribution in [-0.4, -0.2) is 35.7 Å². The summed E-state index contributed by atoms with van der Waals surface area (Å²) in [4.78, 5) is 0. The van der Waals surface area contributed by atoms with Crippen molar-refractivity contribution in [2.24, 2.45) is 17.3 Å². The summed E-state index contributed by atoms with van der Waals surface area (Å²) in [7, 11) is 1.63. The molecule has 1 aromatic carbocycles. The number of alkyl halides is 1. The summed E-state index contributed by atoms with van der Waals surface area (Å²) >= 11 is 0. The van der Waals surface area contributed by atoms with E-state index in [4.69, 9.17) is 4.74 Å². The van der Waals surface area contributed by atoms with Crippen molar-refractivity contribution in [3.63, 3.8) is 0 Å². The van der Waals surface area contributed by atoms with Crippen LogP contribution in [0.5, 0.6) is 5.75 Å². The topological polar surface area (TPSA) is 49.7 Å². The SMILES string of the molecule is CO[C@H]1C[C@]2(C)[C@H](O)[C@H](F)C[C@H]2[C@@H]2CCc3c(ccc(O)c3F)[C@H]21. The zero-order valence-electron chi connectivity index (χ0n) is 14.0. The number of benzene rings is 1. The fraction of sp³-hybridized carbons (Fsp3) is 0.684. The van der Waals surface area contributed by atoms with Crippen LogP contribution in [0, 0.1) is 23.1 Å². The van der Waals surface area contributed by atoms with E-state index in [-0.39, 0.29) is 29.6 Å². The fourth-order valence-corrected chi connectivity index (χ4v) is 5.84. The third-order valence-electron chi connectivity index (χ3n) is 7.01. The lowest BCUT2D eigenvalue weighted by molar-refractivity contribution is -0.0979. The normalized spacial score (nSPS) is 43.9. The highest BCUT2D eigenvalue weighted by Crippen LogP contribution is 2.62. The number of ether oxygens (including phenoxy) is 1. The van der Waals surface area contributed by atoms with E-state index in [1.165, 1.54) is 6.07 Å². The second-order valence-corrected chi connectivity index (χ2v) is 7.98. The summed E-state index contributed by atoms with van der Waals surface area (Å²) in [5.74, 6) is -0.625. The zero-order chi connectivity index (χ0) is 17.2. The maximum Gasteiger partial charge on any atom is 0.168 e. The second-order valence-electron chi connectivity index (χ2n) is 7.98. The number of methoxy groups -OCH3 is 1. The third kappa shape index (κ3) is 2.00. The third-order valence-corrected chi connectivity index (χ3v) is 7.01. The number of phenols is 1. The van der Waals surface area contributed by atoms with Crippen LogP contribution < -0.4 is 0 Å². The summed E-state index contributed by atoms with van der Waals surface area (Å²) < 4.78 is 34.4. The lowest BCUT2D eigenvalue weighted by atomic mass is 9.54. The van der Waals surface area contributed by atoms with E-state index in [0.29, 0.717) is 24.8 Å². The van der Waals surface area contributed by atoms with E-state index in [1.807, 2.05) is 6.92 Å². The van der Waals surface area contributed by atoms with Gasteiger partial charge in [0.05, 0.1) is 12.2 Å². The van der Waals surface area contributed by atoms with Gasteiger partial charge in [-0.2, -0.15) is 0 Å². The van der Waals surface area contributed by atoms with Crippen molar-refractivity contribution < 1.29 is 23.7 Å². The van der Waals surface area contributed by atoms with Crippen LogP contribution in [0.3, 0.4) is 0 Å². The first-order chi connectivity index (χ1) is 11.4. The largest absolute Gasteiger partial charge is 0.505 e. The highest BCUT2D eigenvalue weighted by atomic mass is 19.1. The van der Waals surface area contributed by atoms with Crippen LogP contribution in [0.4, 0.5) is 8.78 Å². The van der Waals surface area contributed by atoms with Crippen molar-refractivity contribution in [3.05, 3.63) is 29.1 Å². The van der Waals surface area contributed by atoms with E-state index in [2.05, 4.69) is 0 Å². The summed E-state index contributed by atoms with van der Waals surface area (Å²) in [6.07, 6.45) is -0.138. The van der Waals surface area contributed by atoms with Gasteiger partial charge >= 0.3 is 0 Å². The molecule has 0 unspecified atom stereocenters. The number of aromatic hydroxyl groups is 1. The molecule has 0 saturated heterocycles. The van der Waals surface area contributed by atoms with Gasteiger partial charge in [-0.3, -0.25) is 0 Å². The van der Waals surface area contributed by atoms with Crippen molar-refractivity contribution in [2.45, 2.75) is 56.9 Å². The average Bonchev–Trinajstić information content (AvgIpc) is 2.80. The Balaban J connectivity index is 1.80. The summed E-state index contributed by atoms with van der Waals surface area (Å²) in [5, 5.41) is 20.1. The van der Waals surface area contributed by atoms with Gasteiger partial charge in [0.2, 0.25) is 0 Å². The van der Waals surface area contributed by atoms with Crippen LogP contribution in [0.15, 0.2) is 12.1 Å². The summed E-state index contributed by atoms with van der Waals surface area (Å²) in [6.45, 7) is 1.97. The fourth-order valence-electron chi connectivity index (χ4n) is 5.84. The maximum absolute atomic E-state index is 14.3. The van der Waals surface area contributed by atoms with Crippen LogP contribution >= 0.6 is 0 Å². The van der Waals surface area contributed by atoms with E-state index in [9.17, 15) is 19.0 Å². The zero-order valence-corrected chi connectivity index (χ0v) is 14.0. The molecule has 0 aromatic heterocycles. The van der Waals surface area contributed by atoms with Gasteiger partial charge in [0.25, 0.3) is 0 Å². The number of fused-ring (bicyclic) bond motifs is 5. The molecule has 1 aromatic rings. The van der Waals surface area contributed by atoms with Gasteiger partial charge in [0.1, 0.15) is 6.17 Å². The van der Waals surface area contributed by atoms with E-state index in [0.717, 1.165) is 12.0 Å². The van der Waals surface area contributed by atoms with Crippen molar-refractivity contribution >= 4 is 0 Å². The minimum atomic E-state index is -1.20. The molecule has 0 heterocycles. The number of rotatable bonds is 1. The molecule has 5 heteroatoms. The van der Waals surface area contributed by atoms with Crippen LogP contribution in [0.2, 0.25) is 0 Å². The lowest BCUT2D eigenvalue weighted by Gasteiger charge is -2.52. The average molecular weight is 338 g/mol. The van der Waals surface area contributed by atoms with E-state index < -0.39 is 23.5 Å². The predicted molar refractivity (Wildman–Crippen MR) is 85.1 cm³/mol. The molecule has 0 bridgehead atoms.